The lowest BCUT2D eigenvalue weighted by atomic mass is 10.1. The lowest BCUT2D eigenvalue weighted by molar-refractivity contribution is 0.253. The second-order valence-corrected chi connectivity index (χ2v) is 5.32. The van der Waals surface area contributed by atoms with E-state index in [1.165, 1.54) is 11.1 Å². The van der Waals surface area contributed by atoms with E-state index >= 15 is 0 Å². The molecule has 108 valence electrons. The molecule has 20 heavy (non-hydrogen) atoms. The summed E-state index contributed by atoms with van der Waals surface area (Å²) in [6.45, 7) is 3.06. The van der Waals surface area contributed by atoms with Crippen molar-refractivity contribution in [2.75, 3.05) is 12.8 Å². The van der Waals surface area contributed by atoms with Gasteiger partial charge in [0.2, 0.25) is 0 Å². The van der Waals surface area contributed by atoms with E-state index in [0.29, 0.717) is 6.04 Å². The molecule has 0 aliphatic heterocycles. The molecular weight excluding hydrogens is 291 g/mol. The van der Waals surface area contributed by atoms with Crippen molar-refractivity contribution in [1.29, 1.82) is 0 Å². The molecule has 1 atom stereocenters. The Morgan fingerprint density at radius 3 is 2.40 bits per heavy atom. The highest BCUT2D eigenvalue weighted by molar-refractivity contribution is 6.30. The number of rotatable bonds is 4. The topological polar surface area (TPSA) is 29.3 Å². The summed E-state index contributed by atoms with van der Waals surface area (Å²) in [4.78, 5) is 2.29. The maximum atomic E-state index is 5.92. The highest BCUT2D eigenvalue weighted by Gasteiger charge is 2.11. The third-order valence-corrected chi connectivity index (χ3v) is 3.65. The lowest BCUT2D eigenvalue weighted by Gasteiger charge is -2.25. The number of hydrogen-bond acceptors (Lipinski definition) is 2. The first kappa shape index (κ1) is 16.8. The SMILES string of the molecule is CC(c1ccc(Cl)cc1)N(C)Cc1cccc(N)c1.Cl. The smallest absolute Gasteiger partial charge is 0.0406 e. The van der Waals surface area contributed by atoms with Gasteiger partial charge in [0.05, 0.1) is 0 Å². The van der Waals surface area contributed by atoms with E-state index in [1.807, 2.05) is 30.3 Å². The summed E-state index contributed by atoms with van der Waals surface area (Å²) in [5.74, 6) is 0. The Morgan fingerprint density at radius 2 is 1.80 bits per heavy atom. The van der Waals surface area contributed by atoms with E-state index in [9.17, 15) is 0 Å². The molecule has 0 saturated heterocycles. The summed E-state index contributed by atoms with van der Waals surface area (Å²) in [7, 11) is 2.11. The number of anilines is 1. The monoisotopic (exact) mass is 310 g/mol. The highest BCUT2D eigenvalue weighted by atomic mass is 35.5. The molecule has 4 heteroatoms. The molecular formula is C16H20Cl2N2. The van der Waals surface area contributed by atoms with Crippen LogP contribution in [0.25, 0.3) is 0 Å². The van der Waals surface area contributed by atoms with Crippen LogP contribution in [0, 0.1) is 0 Å². The van der Waals surface area contributed by atoms with Crippen molar-refractivity contribution < 1.29 is 0 Å². The van der Waals surface area contributed by atoms with Gasteiger partial charge >= 0.3 is 0 Å². The van der Waals surface area contributed by atoms with E-state index in [4.69, 9.17) is 17.3 Å². The van der Waals surface area contributed by atoms with Crippen molar-refractivity contribution in [3.05, 3.63) is 64.7 Å². The number of nitrogens with zero attached hydrogens (tertiary/aromatic N) is 1. The van der Waals surface area contributed by atoms with Crippen LogP contribution in [0.3, 0.4) is 0 Å². The number of nitrogens with two attached hydrogens (primary N) is 1. The number of nitrogen functional groups attached to an aromatic ring is 1. The Kier molecular flexibility index (Phi) is 6.34. The van der Waals surface area contributed by atoms with E-state index in [2.05, 4.69) is 37.1 Å². The molecule has 0 aliphatic rings. The summed E-state index contributed by atoms with van der Waals surface area (Å²) in [6.07, 6.45) is 0. The molecule has 0 aromatic heterocycles. The van der Waals surface area contributed by atoms with Crippen LogP contribution in [0.2, 0.25) is 5.02 Å². The molecule has 2 nitrogen and oxygen atoms in total. The first-order valence-electron chi connectivity index (χ1n) is 6.36. The largest absolute Gasteiger partial charge is 0.399 e. The van der Waals surface area contributed by atoms with Crippen LogP contribution in [0.1, 0.15) is 24.1 Å². The van der Waals surface area contributed by atoms with Crippen LogP contribution >= 0.6 is 24.0 Å². The maximum Gasteiger partial charge on any atom is 0.0406 e. The molecule has 2 rings (SSSR count). The number of benzene rings is 2. The van der Waals surface area contributed by atoms with Gasteiger partial charge in [-0.2, -0.15) is 0 Å². The fourth-order valence-corrected chi connectivity index (χ4v) is 2.24. The lowest BCUT2D eigenvalue weighted by Crippen LogP contribution is -2.21. The van der Waals surface area contributed by atoms with E-state index in [0.717, 1.165) is 17.3 Å². The zero-order valence-electron chi connectivity index (χ0n) is 11.7. The van der Waals surface area contributed by atoms with E-state index in [1.54, 1.807) is 0 Å². The average molecular weight is 311 g/mol. The summed E-state index contributed by atoms with van der Waals surface area (Å²) < 4.78 is 0. The summed E-state index contributed by atoms with van der Waals surface area (Å²) in [6, 6.07) is 16.4. The van der Waals surface area contributed by atoms with Gasteiger partial charge in [0, 0.05) is 23.3 Å². The van der Waals surface area contributed by atoms with Crippen LogP contribution in [0.4, 0.5) is 5.69 Å². The second-order valence-electron chi connectivity index (χ2n) is 4.89. The third kappa shape index (κ3) is 4.41. The van der Waals surface area contributed by atoms with E-state index in [-0.39, 0.29) is 12.4 Å². The van der Waals surface area contributed by atoms with Crippen molar-refractivity contribution in [1.82, 2.24) is 4.90 Å². The molecule has 2 aromatic carbocycles. The summed E-state index contributed by atoms with van der Waals surface area (Å²) in [5, 5.41) is 0.773. The molecule has 0 bridgehead atoms. The zero-order valence-corrected chi connectivity index (χ0v) is 13.3. The molecule has 0 fully saturated rings. The van der Waals surface area contributed by atoms with Crippen molar-refractivity contribution in [2.45, 2.75) is 19.5 Å². The predicted molar refractivity (Wildman–Crippen MR) is 89.4 cm³/mol. The van der Waals surface area contributed by atoms with Gasteiger partial charge in [-0.1, -0.05) is 35.9 Å². The van der Waals surface area contributed by atoms with Crippen molar-refractivity contribution in [3.8, 4) is 0 Å². The minimum atomic E-state index is 0. The Morgan fingerprint density at radius 1 is 1.15 bits per heavy atom. The van der Waals surface area contributed by atoms with Gasteiger partial charge in [-0.3, -0.25) is 4.90 Å². The van der Waals surface area contributed by atoms with Gasteiger partial charge in [-0.05, 0) is 49.4 Å². The highest BCUT2D eigenvalue weighted by Crippen LogP contribution is 2.22. The van der Waals surface area contributed by atoms with Gasteiger partial charge < -0.3 is 5.73 Å². The van der Waals surface area contributed by atoms with Gasteiger partial charge in [0.1, 0.15) is 0 Å². The molecule has 2 N–H and O–H groups in total. The first-order valence-corrected chi connectivity index (χ1v) is 6.74. The Bertz CT molecular complexity index is 540. The van der Waals surface area contributed by atoms with Crippen LogP contribution in [0.5, 0.6) is 0 Å². The summed E-state index contributed by atoms with van der Waals surface area (Å²) >= 11 is 5.92. The molecule has 0 amide bonds. The Labute approximate surface area is 132 Å². The molecule has 1 unspecified atom stereocenters. The fourth-order valence-electron chi connectivity index (χ4n) is 2.11. The Balaban J connectivity index is 0.00000200. The van der Waals surface area contributed by atoms with Gasteiger partial charge in [0.15, 0.2) is 0 Å². The molecule has 0 radical (unpaired) electrons. The quantitative estimate of drug-likeness (QED) is 0.840. The van der Waals surface area contributed by atoms with Gasteiger partial charge in [0.25, 0.3) is 0 Å². The number of hydrogen-bond donors (Lipinski definition) is 1. The Hall–Kier alpha value is -1.22. The predicted octanol–water partition coefficient (Wildman–Crippen LogP) is 4.54. The van der Waals surface area contributed by atoms with Crippen molar-refractivity contribution in [3.63, 3.8) is 0 Å². The van der Waals surface area contributed by atoms with Gasteiger partial charge in [-0.15, -0.1) is 12.4 Å². The van der Waals surface area contributed by atoms with Crippen LogP contribution in [0.15, 0.2) is 48.5 Å². The normalized spacial score (nSPS) is 12.0. The molecule has 0 heterocycles. The van der Waals surface area contributed by atoms with Crippen LogP contribution in [-0.4, -0.2) is 11.9 Å². The van der Waals surface area contributed by atoms with Crippen LogP contribution < -0.4 is 5.73 Å². The minimum Gasteiger partial charge on any atom is -0.399 e. The minimum absolute atomic E-state index is 0. The second kappa shape index (κ2) is 7.53. The standard InChI is InChI=1S/C16H19ClN2.ClH/c1-12(14-6-8-15(17)9-7-14)19(2)11-13-4-3-5-16(18)10-13;/h3-10,12H,11,18H2,1-2H3;1H. The molecule has 0 spiro atoms. The third-order valence-electron chi connectivity index (χ3n) is 3.40. The molecule has 2 aromatic rings. The molecule has 0 aliphatic carbocycles. The number of halogens is 2. The van der Waals surface area contributed by atoms with Crippen molar-refractivity contribution >= 4 is 29.7 Å². The summed E-state index contributed by atoms with van der Waals surface area (Å²) in [5.41, 5.74) is 9.10. The molecule has 0 saturated carbocycles. The van der Waals surface area contributed by atoms with E-state index < -0.39 is 0 Å². The fraction of sp³-hybridized carbons (Fsp3) is 0.250. The van der Waals surface area contributed by atoms with Gasteiger partial charge in [-0.25, -0.2) is 0 Å². The first-order chi connectivity index (χ1) is 9.06. The maximum absolute atomic E-state index is 5.92. The zero-order chi connectivity index (χ0) is 13.8. The van der Waals surface area contributed by atoms with Crippen molar-refractivity contribution in [2.24, 2.45) is 0 Å². The average Bonchev–Trinajstić information content (AvgIpc) is 2.39. The van der Waals surface area contributed by atoms with Crippen LogP contribution in [-0.2, 0) is 6.54 Å².